The van der Waals surface area contributed by atoms with Crippen molar-refractivity contribution >= 4 is 23.2 Å². The van der Waals surface area contributed by atoms with E-state index in [1.807, 2.05) is 24.3 Å². The Morgan fingerprint density at radius 2 is 2.13 bits per heavy atom. The number of anilines is 1. The minimum Gasteiger partial charge on any atom is -0.392 e. The Labute approximate surface area is 140 Å². The molecule has 5 nitrogen and oxygen atoms in total. The predicted molar refractivity (Wildman–Crippen MR) is 91.9 cm³/mol. The highest BCUT2D eigenvalue weighted by molar-refractivity contribution is 6.31. The van der Waals surface area contributed by atoms with Gasteiger partial charge in [-0.05, 0) is 37.1 Å². The van der Waals surface area contributed by atoms with Crippen molar-refractivity contribution in [1.29, 1.82) is 0 Å². The van der Waals surface area contributed by atoms with E-state index >= 15 is 0 Å². The van der Waals surface area contributed by atoms with Crippen molar-refractivity contribution in [2.45, 2.75) is 19.4 Å². The molecular weight excluding hydrogens is 314 g/mol. The Balaban J connectivity index is 1.88. The number of carbonyl (C=O) groups is 1. The lowest BCUT2D eigenvalue weighted by Gasteiger charge is -2.10. The second-order valence-electron chi connectivity index (χ2n) is 5.26. The Morgan fingerprint density at radius 3 is 2.87 bits per heavy atom. The van der Waals surface area contributed by atoms with E-state index in [2.05, 4.69) is 15.6 Å². The first kappa shape index (κ1) is 17.2. The van der Waals surface area contributed by atoms with Gasteiger partial charge in [-0.3, -0.25) is 9.78 Å². The van der Waals surface area contributed by atoms with E-state index < -0.39 is 6.10 Å². The number of amides is 1. The van der Waals surface area contributed by atoms with Gasteiger partial charge in [0.15, 0.2) is 0 Å². The monoisotopic (exact) mass is 333 g/mol. The number of nitrogens with one attached hydrogen (secondary N) is 2. The first-order chi connectivity index (χ1) is 11.1. The summed E-state index contributed by atoms with van der Waals surface area (Å²) in [6.45, 7) is 2.59. The molecule has 6 heteroatoms. The van der Waals surface area contributed by atoms with Crippen molar-refractivity contribution in [2.75, 3.05) is 18.4 Å². The maximum Gasteiger partial charge on any atom is 0.269 e. The fourth-order valence-electron chi connectivity index (χ4n) is 2.03. The summed E-state index contributed by atoms with van der Waals surface area (Å²) in [6, 6.07) is 11.0. The van der Waals surface area contributed by atoms with Crippen LogP contribution in [0, 0.1) is 0 Å². The molecule has 2 rings (SSSR count). The van der Waals surface area contributed by atoms with Crippen LogP contribution in [0.3, 0.4) is 0 Å². The number of benzene rings is 1. The molecule has 1 aromatic heterocycles. The average molecular weight is 334 g/mol. The van der Waals surface area contributed by atoms with Crippen LogP contribution in [-0.2, 0) is 6.42 Å². The molecule has 1 amide bonds. The van der Waals surface area contributed by atoms with Crippen LogP contribution in [0.5, 0.6) is 0 Å². The van der Waals surface area contributed by atoms with Gasteiger partial charge in [0, 0.05) is 30.0 Å². The summed E-state index contributed by atoms with van der Waals surface area (Å²) < 4.78 is 0. The van der Waals surface area contributed by atoms with Crippen LogP contribution in [0.4, 0.5) is 5.69 Å². The third-order valence-corrected chi connectivity index (χ3v) is 3.60. The lowest BCUT2D eigenvalue weighted by molar-refractivity contribution is 0.0949. The highest BCUT2D eigenvalue weighted by atomic mass is 35.5. The summed E-state index contributed by atoms with van der Waals surface area (Å²) in [5, 5.41) is 15.8. The van der Waals surface area contributed by atoms with Gasteiger partial charge in [-0.2, -0.15) is 0 Å². The van der Waals surface area contributed by atoms with Crippen LogP contribution < -0.4 is 10.6 Å². The molecule has 122 valence electrons. The maximum atomic E-state index is 12.1. The van der Waals surface area contributed by atoms with Gasteiger partial charge in [0.1, 0.15) is 5.69 Å². The van der Waals surface area contributed by atoms with Gasteiger partial charge in [-0.1, -0.05) is 29.8 Å². The van der Waals surface area contributed by atoms with Gasteiger partial charge in [-0.25, -0.2) is 0 Å². The summed E-state index contributed by atoms with van der Waals surface area (Å²) >= 11 is 6.08. The molecule has 0 aliphatic carbocycles. The molecule has 1 aromatic carbocycles. The van der Waals surface area contributed by atoms with Gasteiger partial charge in [0.25, 0.3) is 5.91 Å². The summed E-state index contributed by atoms with van der Waals surface area (Å²) in [4.78, 5) is 16.2. The smallest absolute Gasteiger partial charge is 0.269 e. The summed E-state index contributed by atoms with van der Waals surface area (Å²) in [6.07, 6.45) is 1.76. The number of aliphatic hydroxyl groups excluding tert-OH is 1. The van der Waals surface area contributed by atoms with Crippen LogP contribution in [-0.4, -0.2) is 35.2 Å². The fourth-order valence-corrected chi connectivity index (χ4v) is 2.26. The van der Waals surface area contributed by atoms with Crippen LogP contribution in [0.25, 0.3) is 0 Å². The quantitative estimate of drug-likeness (QED) is 0.728. The minimum atomic E-state index is -0.462. The van der Waals surface area contributed by atoms with E-state index in [1.165, 1.54) is 0 Å². The molecule has 0 bridgehead atoms. The van der Waals surface area contributed by atoms with Crippen molar-refractivity contribution in [2.24, 2.45) is 0 Å². The molecule has 0 radical (unpaired) electrons. The second-order valence-corrected chi connectivity index (χ2v) is 5.66. The number of rotatable bonds is 7. The zero-order valence-corrected chi connectivity index (χ0v) is 13.7. The lowest BCUT2D eigenvalue weighted by atomic mass is 10.1. The Bertz CT molecular complexity index is 662. The molecule has 1 atom stereocenters. The summed E-state index contributed by atoms with van der Waals surface area (Å²) in [5.74, 6) is -0.238. The van der Waals surface area contributed by atoms with E-state index in [0.29, 0.717) is 30.2 Å². The fraction of sp³-hybridized carbons (Fsp3) is 0.294. The second kappa shape index (κ2) is 8.50. The minimum absolute atomic E-state index is 0.238. The van der Waals surface area contributed by atoms with E-state index in [-0.39, 0.29) is 5.91 Å². The molecule has 0 saturated carbocycles. The van der Waals surface area contributed by atoms with Crippen molar-refractivity contribution in [3.05, 3.63) is 58.9 Å². The summed E-state index contributed by atoms with van der Waals surface area (Å²) in [5.41, 5.74) is 2.08. The third kappa shape index (κ3) is 5.54. The van der Waals surface area contributed by atoms with Crippen molar-refractivity contribution in [1.82, 2.24) is 10.3 Å². The Morgan fingerprint density at radius 1 is 1.35 bits per heavy atom. The number of hydrogen-bond donors (Lipinski definition) is 3. The topological polar surface area (TPSA) is 74.2 Å². The van der Waals surface area contributed by atoms with E-state index in [9.17, 15) is 9.90 Å². The van der Waals surface area contributed by atoms with Crippen LogP contribution >= 0.6 is 11.6 Å². The Hall–Kier alpha value is -2.11. The first-order valence-electron chi connectivity index (χ1n) is 7.46. The number of nitrogens with zero attached hydrogens (tertiary/aromatic N) is 1. The van der Waals surface area contributed by atoms with Gasteiger partial charge in [0.05, 0.1) is 6.10 Å². The molecule has 23 heavy (non-hydrogen) atoms. The maximum absolute atomic E-state index is 12.1. The highest BCUT2D eigenvalue weighted by Crippen LogP contribution is 2.15. The lowest BCUT2D eigenvalue weighted by Crippen LogP contribution is -2.26. The first-order valence-corrected chi connectivity index (χ1v) is 7.83. The zero-order valence-electron chi connectivity index (χ0n) is 12.9. The van der Waals surface area contributed by atoms with Gasteiger partial charge < -0.3 is 15.7 Å². The third-order valence-electron chi connectivity index (χ3n) is 3.23. The van der Waals surface area contributed by atoms with Gasteiger partial charge >= 0.3 is 0 Å². The molecule has 0 saturated heterocycles. The Kier molecular flexibility index (Phi) is 6.38. The van der Waals surface area contributed by atoms with E-state index in [4.69, 9.17) is 11.6 Å². The largest absolute Gasteiger partial charge is 0.392 e. The van der Waals surface area contributed by atoms with Crippen LogP contribution in [0.2, 0.25) is 5.02 Å². The number of aliphatic hydroxyl groups is 1. The van der Waals surface area contributed by atoms with E-state index in [1.54, 1.807) is 25.3 Å². The zero-order chi connectivity index (χ0) is 16.7. The van der Waals surface area contributed by atoms with Gasteiger partial charge in [0.2, 0.25) is 0 Å². The molecule has 0 fully saturated rings. The summed E-state index contributed by atoms with van der Waals surface area (Å²) in [7, 11) is 0. The van der Waals surface area contributed by atoms with Crippen molar-refractivity contribution in [3.8, 4) is 0 Å². The normalized spacial score (nSPS) is 11.8. The average Bonchev–Trinajstić information content (AvgIpc) is 2.55. The number of hydrogen-bond acceptors (Lipinski definition) is 4. The number of carbonyl (C=O) groups excluding carboxylic acids is 1. The molecular formula is C17H20ClN3O2. The molecule has 0 aliphatic rings. The molecule has 1 heterocycles. The van der Waals surface area contributed by atoms with Crippen molar-refractivity contribution in [3.63, 3.8) is 0 Å². The molecule has 3 N–H and O–H groups in total. The predicted octanol–water partition coefficient (Wildman–Crippen LogP) is 2.50. The van der Waals surface area contributed by atoms with Crippen LogP contribution in [0.1, 0.15) is 23.0 Å². The number of pyridine rings is 1. The molecule has 0 unspecified atom stereocenters. The molecule has 2 aromatic rings. The number of aromatic nitrogens is 1. The van der Waals surface area contributed by atoms with Crippen LogP contribution in [0.15, 0.2) is 42.6 Å². The molecule has 0 spiro atoms. The molecule has 0 aliphatic heterocycles. The standard InChI is InChI=1S/C17H20ClN3O2/c1-12(22)11-21-14-7-9-19-16(10-14)17(23)20-8-6-13-4-2-3-5-15(13)18/h2-5,7,9-10,12,22H,6,8,11H2,1H3,(H,19,21)(H,20,23)/t12-/m0/s1. The SMILES string of the molecule is C[C@H](O)CNc1ccnc(C(=O)NCCc2ccccc2Cl)c1. The van der Waals surface area contributed by atoms with Crippen molar-refractivity contribution < 1.29 is 9.90 Å². The van der Waals surface area contributed by atoms with E-state index in [0.717, 1.165) is 11.3 Å². The highest BCUT2D eigenvalue weighted by Gasteiger charge is 2.08. The van der Waals surface area contributed by atoms with Gasteiger partial charge in [-0.15, -0.1) is 0 Å². The number of halogens is 1.